The van der Waals surface area contributed by atoms with Crippen molar-refractivity contribution >= 4 is 11.9 Å². The molecule has 0 saturated heterocycles. The van der Waals surface area contributed by atoms with Crippen molar-refractivity contribution in [2.24, 2.45) is 17.8 Å². The number of rotatable bonds is 10. The molecule has 37 heavy (non-hydrogen) atoms. The molecule has 0 amide bonds. The van der Waals surface area contributed by atoms with Crippen LogP contribution in [0.1, 0.15) is 93.4 Å². The van der Waals surface area contributed by atoms with E-state index in [1.807, 2.05) is 33.8 Å². The maximum Gasteiger partial charge on any atom is 0.331 e. The first-order valence-electron chi connectivity index (χ1n) is 13.8. The minimum atomic E-state index is -0.592. The smallest absolute Gasteiger partial charge is 0.331 e. The quantitative estimate of drug-likeness (QED) is 0.154. The highest BCUT2D eigenvalue weighted by Crippen LogP contribution is 2.25. The molecule has 210 valence electrons. The standard InChI is InChI=1S/C31H50O6/c1-8-21(2)16-17-31(35)36-28-14-11-15-30(34)37-29(13-10-9-12-23(28)4)25(6)19-22(3)18-24(5)27(33)20-26(7)32/h8-10,16-18,23-29,32-33H,11-15,19-20H2,1-7H3/b10-9+,17-16+,21-8+,22-18+/t23-,24+,25-,26+,27+,28-,29+/m0/s1. The van der Waals surface area contributed by atoms with Crippen LogP contribution in [0.15, 0.2) is 47.6 Å². The number of hydrogen-bond acceptors (Lipinski definition) is 6. The molecular formula is C31H50O6. The van der Waals surface area contributed by atoms with Crippen LogP contribution in [0.5, 0.6) is 0 Å². The predicted octanol–water partition coefficient (Wildman–Crippen LogP) is 6.23. The van der Waals surface area contributed by atoms with Crippen molar-refractivity contribution in [1.29, 1.82) is 0 Å². The van der Waals surface area contributed by atoms with Crippen LogP contribution in [0, 0.1) is 17.8 Å². The Morgan fingerprint density at radius 1 is 1.16 bits per heavy atom. The van der Waals surface area contributed by atoms with E-state index in [4.69, 9.17) is 9.47 Å². The summed E-state index contributed by atoms with van der Waals surface area (Å²) in [4.78, 5) is 24.9. The molecule has 0 saturated carbocycles. The van der Waals surface area contributed by atoms with E-state index < -0.39 is 12.2 Å². The first kappa shape index (κ1) is 32.8. The summed E-state index contributed by atoms with van der Waals surface area (Å²) in [6, 6.07) is 0. The molecule has 6 heteroatoms. The fourth-order valence-electron chi connectivity index (χ4n) is 4.54. The molecule has 0 aliphatic carbocycles. The Kier molecular flexibility index (Phi) is 15.4. The number of carbonyl (C=O) groups is 2. The van der Waals surface area contributed by atoms with Gasteiger partial charge in [-0.25, -0.2) is 4.79 Å². The molecule has 7 atom stereocenters. The predicted molar refractivity (Wildman–Crippen MR) is 149 cm³/mol. The maximum atomic E-state index is 12.6. The van der Waals surface area contributed by atoms with Crippen LogP contribution in [0.3, 0.4) is 0 Å². The summed E-state index contributed by atoms with van der Waals surface area (Å²) in [7, 11) is 0. The van der Waals surface area contributed by atoms with Gasteiger partial charge in [-0.2, -0.15) is 0 Å². The Hall–Kier alpha value is -2.18. The molecular weight excluding hydrogens is 468 g/mol. The minimum absolute atomic E-state index is 0.0632. The summed E-state index contributed by atoms with van der Waals surface area (Å²) in [5.74, 6) is -0.391. The van der Waals surface area contributed by atoms with E-state index in [2.05, 4.69) is 32.1 Å². The summed E-state index contributed by atoms with van der Waals surface area (Å²) in [6.45, 7) is 13.7. The van der Waals surface area contributed by atoms with Crippen molar-refractivity contribution in [2.75, 3.05) is 0 Å². The van der Waals surface area contributed by atoms with Gasteiger partial charge in [0.25, 0.3) is 0 Å². The van der Waals surface area contributed by atoms with Gasteiger partial charge in [0, 0.05) is 24.8 Å². The number of hydrogen-bond donors (Lipinski definition) is 2. The van der Waals surface area contributed by atoms with Crippen LogP contribution in [0.2, 0.25) is 0 Å². The normalized spacial score (nSPS) is 26.8. The Balaban J connectivity index is 2.80. The van der Waals surface area contributed by atoms with E-state index in [1.54, 1.807) is 13.0 Å². The van der Waals surface area contributed by atoms with Crippen molar-refractivity contribution in [3.8, 4) is 0 Å². The molecule has 0 radical (unpaired) electrons. The zero-order chi connectivity index (χ0) is 28.0. The lowest BCUT2D eigenvalue weighted by atomic mass is 9.90. The molecule has 0 aromatic heterocycles. The molecule has 1 heterocycles. The average Bonchev–Trinajstić information content (AvgIpc) is 2.82. The van der Waals surface area contributed by atoms with E-state index in [9.17, 15) is 19.8 Å². The summed E-state index contributed by atoms with van der Waals surface area (Å²) in [6.07, 6.45) is 13.7. The number of allylic oxidation sites excluding steroid dienone is 5. The fourth-order valence-corrected chi connectivity index (χ4v) is 4.54. The monoisotopic (exact) mass is 518 g/mol. The highest BCUT2D eigenvalue weighted by atomic mass is 16.5. The third kappa shape index (κ3) is 13.8. The number of aliphatic hydroxyl groups excluding tert-OH is 2. The summed E-state index contributed by atoms with van der Waals surface area (Å²) < 4.78 is 11.6. The van der Waals surface area contributed by atoms with Gasteiger partial charge in [-0.15, -0.1) is 0 Å². The first-order chi connectivity index (χ1) is 17.4. The average molecular weight is 519 g/mol. The number of ether oxygens (including phenoxy) is 2. The van der Waals surface area contributed by atoms with Crippen molar-refractivity contribution in [3.63, 3.8) is 0 Å². The lowest BCUT2D eigenvalue weighted by Gasteiger charge is -2.26. The first-order valence-corrected chi connectivity index (χ1v) is 13.8. The van der Waals surface area contributed by atoms with Gasteiger partial charge in [-0.1, -0.05) is 62.3 Å². The molecule has 0 fully saturated rings. The third-order valence-electron chi connectivity index (χ3n) is 7.05. The van der Waals surface area contributed by atoms with Gasteiger partial charge in [0.15, 0.2) is 0 Å². The van der Waals surface area contributed by atoms with Gasteiger partial charge in [0.05, 0.1) is 12.2 Å². The number of cyclic esters (lactones) is 1. The molecule has 0 spiro atoms. The van der Waals surface area contributed by atoms with E-state index in [1.165, 1.54) is 6.08 Å². The van der Waals surface area contributed by atoms with Gasteiger partial charge in [-0.3, -0.25) is 4.79 Å². The van der Waals surface area contributed by atoms with E-state index in [0.29, 0.717) is 32.1 Å². The van der Waals surface area contributed by atoms with Gasteiger partial charge in [0.2, 0.25) is 0 Å². The van der Waals surface area contributed by atoms with Crippen molar-refractivity contribution < 1.29 is 29.3 Å². The molecule has 6 nitrogen and oxygen atoms in total. The molecule has 0 unspecified atom stereocenters. The van der Waals surface area contributed by atoms with Gasteiger partial charge < -0.3 is 19.7 Å². The van der Waals surface area contributed by atoms with E-state index in [-0.39, 0.29) is 41.9 Å². The zero-order valence-electron chi connectivity index (χ0n) is 24.0. The van der Waals surface area contributed by atoms with Crippen molar-refractivity contribution in [2.45, 2.75) is 118 Å². The largest absolute Gasteiger partial charge is 0.462 e. The van der Waals surface area contributed by atoms with Crippen LogP contribution in [-0.2, 0) is 19.1 Å². The fraction of sp³-hybridized carbons (Fsp3) is 0.677. The van der Waals surface area contributed by atoms with Crippen molar-refractivity contribution in [1.82, 2.24) is 0 Å². The molecule has 0 aromatic carbocycles. The van der Waals surface area contributed by atoms with Crippen LogP contribution in [0.4, 0.5) is 0 Å². The van der Waals surface area contributed by atoms with Gasteiger partial charge >= 0.3 is 11.9 Å². The number of carbonyl (C=O) groups excluding carboxylic acids is 2. The molecule has 2 N–H and O–H groups in total. The topological polar surface area (TPSA) is 93.1 Å². The minimum Gasteiger partial charge on any atom is -0.462 e. The van der Waals surface area contributed by atoms with Crippen LogP contribution >= 0.6 is 0 Å². The lowest BCUT2D eigenvalue weighted by molar-refractivity contribution is -0.151. The summed E-state index contributed by atoms with van der Waals surface area (Å²) in [5, 5.41) is 19.8. The molecule has 1 aliphatic heterocycles. The second kappa shape index (κ2) is 17.4. The van der Waals surface area contributed by atoms with Gasteiger partial charge in [0.1, 0.15) is 12.2 Å². The molecule has 1 rings (SSSR count). The Labute approximate surface area is 224 Å². The highest BCUT2D eigenvalue weighted by Gasteiger charge is 2.25. The maximum absolute atomic E-state index is 12.6. The lowest BCUT2D eigenvalue weighted by Crippen LogP contribution is -2.27. The van der Waals surface area contributed by atoms with Crippen molar-refractivity contribution in [3.05, 3.63) is 47.6 Å². The summed E-state index contributed by atoms with van der Waals surface area (Å²) in [5.41, 5.74) is 2.13. The Morgan fingerprint density at radius 2 is 1.84 bits per heavy atom. The third-order valence-corrected chi connectivity index (χ3v) is 7.05. The highest BCUT2D eigenvalue weighted by molar-refractivity contribution is 5.82. The Morgan fingerprint density at radius 3 is 2.49 bits per heavy atom. The second-order valence-electron chi connectivity index (χ2n) is 10.9. The number of esters is 2. The van der Waals surface area contributed by atoms with Crippen LogP contribution in [-0.4, -0.2) is 46.6 Å². The molecule has 0 bridgehead atoms. The van der Waals surface area contributed by atoms with Crippen LogP contribution < -0.4 is 0 Å². The Bertz CT molecular complexity index is 822. The summed E-state index contributed by atoms with van der Waals surface area (Å²) >= 11 is 0. The number of aliphatic hydroxyl groups is 2. The van der Waals surface area contributed by atoms with E-state index in [0.717, 1.165) is 24.0 Å². The van der Waals surface area contributed by atoms with Gasteiger partial charge in [-0.05, 0) is 71.6 Å². The van der Waals surface area contributed by atoms with E-state index >= 15 is 0 Å². The van der Waals surface area contributed by atoms with Crippen LogP contribution in [0.25, 0.3) is 0 Å². The molecule has 1 aliphatic rings. The SMILES string of the molecule is C/C=C(C)/C=C/C(=O)O[C@H]1CCCC(=O)O[C@@H]([C@@H](C)C/C(C)=C/[C@@H](C)[C@H](O)C[C@@H](C)O)C/C=C/C[C@@H]1C. The zero-order valence-corrected chi connectivity index (χ0v) is 24.0. The molecule has 0 aromatic rings. The second-order valence-corrected chi connectivity index (χ2v) is 10.9.